The van der Waals surface area contributed by atoms with Crippen LogP contribution in [-0.4, -0.2) is 62.8 Å². The molecule has 3 rings (SSSR count). The number of methoxy groups -OCH3 is 1. The summed E-state index contributed by atoms with van der Waals surface area (Å²) in [6.45, 7) is 5.63. The Morgan fingerprint density at radius 1 is 1.15 bits per heavy atom. The Labute approximate surface area is 193 Å². The van der Waals surface area contributed by atoms with Crippen LogP contribution in [0.15, 0.2) is 42.5 Å². The second kappa shape index (κ2) is 11.1. The molecule has 0 unspecified atom stereocenters. The van der Waals surface area contributed by atoms with Gasteiger partial charge in [-0.05, 0) is 55.3 Å². The first-order valence-corrected chi connectivity index (χ1v) is 10.9. The van der Waals surface area contributed by atoms with Gasteiger partial charge in [-0.25, -0.2) is 9.18 Å². The lowest BCUT2D eigenvalue weighted by molar-refractivity contribution is 0.0281. The topological polar surface area (TPSA) is 91.9 Å². The quantitative estimate of drug-likeness (QED) is 0.654. The molecular formula is C24H31FN4O4. The van der Waals surface area contributed by atoms with Gasteiger partial charge in [0, 0.05) is 44.7 Å². The number of carbonyl (C=O) groups excluding carboxylic acids is 2. The van der Waals surface area contributed by atoms with Gasteiger partial charge in [-0.2, -0.15) is 0 Å². The lowest BCUT2D eigenvalue weighted by Crippen LogP contribution is -2.44. The van der Waals surface area contributed by atoms with E-state index in [-0.39, 0.29) is 24.0 Å². The first-order valence-electron chi connectivity index (χ1n) is 10.9. The Morgan fingerprint density at radius 3 is 2.52 bits per heavy atom. The molecule has 0 bridgehead atoms. The highest BCUT2D eigenvalue weighted by atomic mass is 19.1. The van der Waals surface area contributed by atoms with Crippen molar-refractivity contribution in [1.29, 1.82) is 0 Å². The van der Waals surface area contributed by atoms with Crippen LogP contribution >= 0.6 is 0 Å². The summed E-state index contributed by atoms with van der Waals surface area (Å²) >= 11 is 0. The lowest BCUT2D eigenvalue weighted by atomic mass is 10.0. The molecule has 3 N–H and O–H groups in total. The van der Waals surface area contributed by atoms with Gasteiger partial charge in [0.15, 0.2) is 0 Å². The van der Waals surface area contributed by atoms with Gasteiger partial charge < -0.3 is 30.3 Å². The van der Waals surface area contributed by atoms with Crippen molar-refractivity contribution in [2.24, 2.45) is 5.92 Å². The van der Waals surface area contributed by atoms with Gasteiger partial charge in [-0.1, -0.05) is 6.92 Å². The molecule has 3 atom stereocenters. The van der Waals surface area contributed by atoms with Crippen molar-refractivity contribution in [2.75, 3.05) is 44.5 Å². The number of fused-ring (bicyclic) bond motifs is 1. The average Bonchev–Trinajstić information content (AvgIpc) is 2.80. The van der Waals surface area contributed by atoms with Crippen LogP contribution in [-0.2, 0) is 4.74 Å². The monoisotopic (exact) mass is 458 g/mol. The predicted octanol–water partition coefficient (Wildman–Crippen LogP) is 3.56. The molecule has 3 amide bonds. The Balaban J connectivity index is 1.81. The molecule has 9 heteroatoms. The van der Waals surface area contributed by atoms with E-state index in [0.29, 0.717) is 35.8 Å². The van der Waals surface area contributed by atoms with Crippen molar-refractivity contribution in [1.82, 2.24) is 10.2 Å². The molecular weight excluding hydrogens is 427 g/mol. The summed E-state index contributed by atoms with van der Waals surface area (Å²) in [6, 6.07) is 9.93. The minimum Gasteiger partial charge on any atom is -0.491 e. The minimum atomic E-state index is -0.512. The summed E-state index contributed by atoms with van der Waals surface area (Å²) in [5, 5.41) is 8.77. The Hall–Kier alpha value is -3.17. The van der Waals surface area contributed by atoms with Gasteiger partial charge >= 0.3 is 6.03 Å². The molecule has 0 radical (unpaired) electrons. The zero-order valence-corrected chi connectivity index (χ0v) is 19.4. The number of urea groups is 1. The average molecular weight is 459 g/mol. The molecule has 2 aromatic carbocycles. The second-order valence-electron chi connectivity index (χ2n) is 8.35. The van der Waals surface area contributed by atoms with E-state index in [9.17, 15) is 14.0 Å². The number of anilines is 2. The van der Waals surface area contributed by atoms with Gasteiger partial charge in [-0.15, -0.1) is 0 Å². The third kappa shape index (κ3) is 6.66. The molecule has 1 aliphatic heterocycles. The lowest BCUT2D eigenvalue weighted by Gasteiger charge is -2.30. The van der Waals surface area contributed by atoms with Crippen molar-refractivity contribution in [3.05, 3.63) is 53.8 Å². The number of nitrogens with zero attached hydrogens (tertiary/aromatic N) is 1. The largest absolute Gasteiger partial charge is 0.491 e. The fourth-order valence-electron chi connectivity index (χ4n) is 3.56. The van der Waals surface area contributed by atoms with Gasteiger partial charge in [0.1, 0.15) is 18.2 Å². The standard InChI is InChI=1S/C24H31FN4O4/c1-15-12-26-16(2)14-33-21-10-9-19(11-20(21)23(30)29(3)13-22(15)32-4)28-24(31)27-18-7-5-17(25)6-8-18/h5-11,15-16,22,26H,12-14H2,1-4H3,(H2,27,28,31)/t15-,16+,22+/m0/s1. The highest BCUT2D eigenvalue weighted by Gasteiger charge is 2.25. The number of rotatable bonds is 3. The van der Waals surface area contributed by atoms with Gasteiger partial charge in [0.25, 0.3) is 5.91 Å². The predicted molar refractivity (Wildman–Crippen MR) is 125 cm³/mol. The summed E-state index contributed by atoms with van der Waals surface area (Å²) in [5.74, 6) is 0.00321. The molecule has 0 aromatic heterocycles. The van der Waals surface area contributed by atoms with Gasteiger partial charge in [0.2, 0.25) is 0 Å². The Bertz CT molecular complexity index is 969. The SMILES string of the molecule is CO[C@@H]1CN(C)C(=O)c2cc(NC(=O)Nc3ccc(F)cc3)ccc2OC[C@@H](C)NC[C@@H]1C. The van der Waals surface area contributed by atoms with Gasteiger partial charge in [0.05, 0.1) is 11.7 Å². The van der Waals surface area contributed by atoms with Gasteiger partial charge in [-0.3, -0.25) is 4.79 Å². The molecule has 0 saturated carbocycles. The van der Waals surface area contributed by atoms with Crippen molar-refractivity contribution in [2.45, 2.75) is 26.0 Å². The normalized spacial score (nSPS) is 21.8. The van der Waals surface area contributed by atoms with Crippen molar-refractivity contribution < 1.29 is 23.5 Å². The van der Waals surface area contributed by atoms with Crippen LogP contribution in [0.2, 0.25) is 0 Å². The third-order valence-corrected chi connectivity index (χ3v) is 5.58. The number of hydrogen-bond donors (Lipinski definition) is 3. The fourth-order valence-corrected chi connectivity index (χ4v) is 3.56. The number of halogens is 1. The molecule has 0 aliphatic carbocycles. The fraction of sp³-hybridized carbons (Fsp3) is 0.417. The smallest absolute Gasteiger partial charge is 0.323 e. The van der Waals surface area contributed by atoms with E-state index in [1.165, 1.54) is 24.3 Å². The van der Waals surface area contributed by atoms with Crippen LogP contribution < -0.4 is 20.7 Å². The van der Waals surface area contributed by atoms with E-state index in [4.69, 9.17) is 9.47 Å². The van der Waals surface area contributed by atoms with E-state index in [1.807, 2.05) is 6.92 Å². The number of likely N-dealkylation sites (N-methyl/N-ethyl adjacent to an activating group) is 1. The molecule has 178 valence electrons. The second-order valence-corrected chi connectivity index (χ2v) is 8.35. The van der Waals surface area contributed by atoms with Crippen LogP contribution in [0, 0.1) is 11.7 Å². The summed E-state index contributed by atoms with van der Waals surface area (Å²) in [7, 11) is 3.36. The molecule has 0 saturated heterocycles. The van der Waals surface area contributed by atoms with Crippen molar-refractivity contribution >= 4 is 23.3 Å². The highest BCUT2D eigenvalue weighted by Crippen LogP contribution is 2.26. The molecule has 8 nitrogen and oxygen atoms in total. The Kier molecular flexibility index (Phi) is 8.24. The van der Waals surface area contributed by atoms with Crippen LogP contribution in [0.4, 0.5) is 20.6 Å². The summed E-state index contributed by atoms with van der Waals surface area (Å²) in [6.07, 6.45) is -0.134. The summed E-state index contributed by atoms with van der Waals surface area (Å²) in [5.41, 5.74) is 1.21. The zero-order valence-electron chi connectivity index (χ0n) is 19.4. The van der Waals surface area contributed by atoms with E-state index in [2.05, 4.69) is 22.9 Å². The summed E-state index contributed by atoms with van der Waals surface area (Å²) < 4.78 is 24.6. The first kappa shape index (κ1) is 24.5. The van der Waals surface area contributed by atoms with Crippen molar-refractivity contribution in [3.8, 4) is 5.75 Å². The number of carbonyl (C=O) groups is 2. The minimum absolute atomic E-state index is 0.0735. The molecule has 2 aromatic rings. The molecule has 33 heavy (non-hydrogen) atoms. The number of ether oxygens (including phenoxy) is 2. The van der Waals surface area contributed by atoms with E-state index < -0.39 is 11.8 Å². The summed E-state index contributed by atoms with van der Waals surface area (Å²) in [4.78, 5) is 27.3. The van der Waals surface area contributed by atoms with E-state index in [1.54, 1.807) is 37.3 Å². The maximum absolute atomic E-state index is 13.3. The number of nitrogens with one attached hydrogen (secondary N) is 3. The molecule has 1 aliphatic rings. The van der Waals surface area contributed by atoms with Crippen LogP contribution in [0.5, 0.6) is 5.75 Å². The first-order chi connectivity index (χ1) is 15.8. The Morgan fingerprint density at radius 2 is 1.82 bits per heavy atom. The maximum atomic E-state index is 13.3. The number of benzene rings is 2. The van der Waals surface area contributed by atoms with Crippen molar-refractivity contribution in [3.63, 3.8) is 0 Å². The molecule has 0 fully saturated rings. The number of hydrogen-bond acceptors (Lipinski definition) is 5. The van der Waals surface area contributed by atoms with E-state index >= 15 is 0 Å². The highest BCUT2D eigenvalue weighted by molar-refractivity contribution is 6.02. The van der Waals surface area contributed by atoms with Crippen LogP contribution in [0.3, 0.4) is 0 Å². The third-order valence-electron chi connectivity index (χ3n) is 5.58. The van der Waals surface area contributed by atoms with Crippen LogP contribution in [0.1, 0.15) is 24.2 Å². The zero-order chi connectivity index (χ0) is 24.0. The van der Waals surface area contributed by atoms with E-state index in [0.717, 1.165) is 6.54 Å². The van der Waals surface area contributed by atoms with Crippen LogP contribution in [0.25, 0.3) is 0 Å². The maximum Gasteiger partial charge on any atom is 0.323 e. The molecule has 1 heterocycles. The molecule has 0 spiro atoms. The number of amides is 3.